The minimum Gasteiger partial charge on any atom is -0.332 e. The Bertz CT molecular complexity index is 665. The van der Waals surface area contributed by atoms with Crippen LogP contribution in [-0.2, 0) is 0 Å². The van der Waals surface area contributed by atoms with E-state index in [2.05, 4.69) is 10.6 Å². The third kappa shape index (κ3) is 3.56. The van der Waals surface area contributed by atoms with Crippen molar-refractivity contribution in [3.63, 3.8) is 0 Å². The van der Waals surface area contributed by atoms with Gasteiger partial charge < -0.3 is 10.6 Å². The van der Waals surface area contributed by atoms with Crippen LogP contribution in [0.5, 0.6) is 0 Å². The monoisotopic (exact) mass is 332 g/mol. The predicted octanol–water partition coefficient (Wildman–Crippen LogP) is 5.08. The second kappa shape index (κ2) is 6.35. The second-order valence-electron chi connectivity index (χ2n) is 3.81. The molecule has 2 rings (SSSR count). The van der Waals surface area contributed by atoms with Crippen molar-refractivity contribution in [1.29, 1.82) is 0 Å². The smallest absolute Gasteiger partial charge is 0.175 e. The number of halogens is 4. The Morgan fingerprint density at radius 1 is 1.00 bits per heavy atom. The fraction of sp³-hybridized carbons (Fsp3) is 0. The summed E-state index contributed by atoms with van der Waals surface area (Å²) < 4.78 is 26.7. The lowest BCUT2D eigenvalue weighted by Gasteiger charge is -2.12. The first-order valence-electron chi connectivity index (χ1n) is 5.44. The SMILES string of the molecule is Fc1ccc(NC(=S)Nc2cccc(Cl)c2F)cc1Cl. The van der Waals surface area contributed by atoms with Crippen molar-refractivity contribution in [2.45, 2.75) is 0 Å². The van der Waals surface area contributed by atoms with Crippen molar-refractivity contribution in [2.75, 3.05) is 10.6 Å². The molecular weight excluding hydrogens is 325 g/mol. The highest BCUT2D eigenvalue weighted by Crippen LogP contribution is 2.23. The number of anilines is 2. The number of hydrogen-bond donors (Lipinski definition) is 2. The van der Waals surface area contributed by atoms with E-state index in [1.165, 1.54) is 30.3 Å². The number of nitrogens with one attached hydrogen (secondary N) is 2. The van der Waals surface area contributed by atoms with Gasteiger partial charge in [0.05, 0.1) is 15.7 Å². The highest BCUT2D eigenvalue weighted by Gasteiger charge is 2.08. The maximum Gasteiger partial charge on any atom is 0.175 e. The first kappa shape index (κ1) is 15.0. The molecule has 104 valence electrons. The lowest BCUT2D eigenvalue weighted by Crippen LogP contribution is -2.19. The number of rotatable bonds is 2. The summed E-state index contributed by atoms with van der Waals surface area (Å²) in [7, 11) is 0. The molecule has 2 aromatic carbocycles. The Hall–Kier alpha value is -1.43. The molecule has 2 N–H and O–H groups in total. The number of hydrogen-bond acceptors (Lipinski definition) is 1. The Morgan fingerprint density at radius 2 is 1.75 bits per heavy atom. The van der Waals surface area contributed by atoms with Crippen LogP contribution in [-0.4, -0.2) is 5.11 Å². The largest absolute Gasteiger partial charge is 0.332 e. The Balaban J connectivity index is 2.09. The first-order valence-corrected chi connectivity index (χ1v) is 6.61. The van der Waals surface area contributed by atoms with Crippen LogP contribution in [0.1, 0.15) is 0 Å². The van der Waals surface area contributed by atoms with E-state index in [0.29, 0.717) is 5.69 Å². The van der Waals surface area contributed by atoms with Crippen LogP contribution >= 0.6 is 35.4 Å². The van der Waals surface area contributed by atoms with Gasteiger partial charge in [-0.05, 0) is 42.5 Å². The van der Waals surface area contributed by atoms with Crippen LogP contribution < -0.4 is 10.6 Å². The van der Waals surface area contributed by atoms with Gasteiger partial charge in [0.2, 0.25) is 0 Å². The Kier molecular flexibility index (Phi) is 4.75. The normalized spacial score (nSPS) is 10.2. The summed E-state index contributed by atoms with van der Waals surface area (Å²) in [6.07, 6.45) is 0. The summed E-state index contributed by atoms with van der Waals surface area (Å²) in [5.41, 5.74) is 0.625. The number of thiocarbonyl (C=S) groups is 1. The van der Waals surface area contributed by atoms with Crippen molar-refractivity contribution < 1.29 is 8.78 Å². The van der Waals surface area contributed by atoms with E-state index in [1.54, 1.807) is 6.07 Å². The molecule has 7 heteroatoms. The summed E-state index contributed by atoms with van der Waals surface area (Å²) >= 11 is 16.3. The molecule has 0 fully saturated rings. The maximum atomic E-state index is 13.7. The molecular formula is C13H8Cl2F2N2S. The molecule has 0 aliphatic carbocycles. The standard InChI is InChI=1S/C13H8Cl2F2N2S/c14-8-2-1-3-11(12(8)17)19-13(20)18-7-4-5-10(16)9(15)6-7/h1-6H,(H2,18,19,20). The van der Waals surface area contributed by atoms with Crippen LogP contribution in [0.2, 0.25) is 10.0 Å². The van der Waals surface area contributed by atoms with E-state index in [9.17, 15) is 8.78 Å². The van der Waals surface area contributed by atoms with Crippen LogP contribution in [0, 0.1) is 11.6 Å². The summed E-state index contributed by atoms with van der Waals surface area (Å²) in [6.45, 7) is 0. The fourth-order valence-electron chi connectivity index (χ4n) is 1.46. The van der Waals surface area contributed by atoms with Crippen molar-refractivity contribution >= 4 is 51.9 Å². The average Bonchev–Trinajstić information content (AvgIpc) is 2.39. The Labute approximate surface area is 129 Å². The zero-order chi connectivity index (χ0) is 14.7. The molecule has 0 saturated carbocycles. The van der Waals surface area contributed by atoms with E-state index in [-0.39, 0.29) is 20.8 Å². The highest BCUT2D eigenvalue weighted by atomic mass is 35.5. The molecule has 0 spiro atoms. The van der Waals surface area contributed by atoms with Crippen LogP contribution in [0.25, 0.3) is 0 Å². The van der Waals surface area contributed by atoms with Crippen LogP contribution in [0.4, 0.5) is 20.2 Å². The van der Waals surface area contributed by atoms with E-state index < -0.39 is 11.6 Å². The molecule has 0 radical (unpaired) electrons. The third-order valence-electron chi connectivity index (χ3n) is 2.38. The lowest BCUT2D eigenvalue weighted by molar-refractivity contribution is 0.628. The molecule has 0 aromatic heterocycles. The van der Waals surface area contributed by atoms with E-state index in [4.69, 9.17) is 35.4 Å². The number of benzene rings is 2. The van der Waals surface area contributed by atoms with Crippen LogP contribution in [0.15, 0.2) is 36.4 Å². The van der Waals surface area contributed by atoms with Crippen molar-refractivity contribution in [2.24, 2.45) is 0 Å². The van der Waals surface area contributed by atoms with Gasteiger partial charge in [0.1, 0.15) is 5.82 Å². The molecule has 0 heterocycles. The van der Waals surface area contributed by atoms with Gasteiger partial charge in [0.25, 0.3) is 0 Å². The molecule has 20 heavy (non-hydrogen) atoms. The van der Waals surface area contributed by atoms with E-state index >= 15 is 0 Å². The molecule has 2 nitrogen and oxygen atoms in total. The third-order valence-corrected chi connectivity index (χ3v) is 3.16. The van der Waals surface area contributed by atoms with Gasteiger partial charge >= 0.3 is 0 Å². The zero-order valence-corrected chi connectivity index (χ0v) is 12.2. The van der Waals surface area contributed by atoms with Gasteiger partial charge in [-0.2, -0.15) is 0 Å². The summed E-state index contributed by atoms with van der Waals surface area (Å²) in [5, 5.41) is 5.51. The highest BCUT2D eigenvalue weighted by molar-refractivity contribution is 7.80. The second-order valence-corrected chi connectivity index (χ2v) is 5.03. The quantitative estimate of drug-likeness (QED) is 0.750. The maximum absolute atomic E-state index is 13.7. The van der Waals surface area contributed by atoms with Gasteiger partial charge in [-0.1, -0.05) is 29.3 Å². The van der Waals surface area contributed by atoms with Crippen molar-refractivity contribution in [3.8, 4) is 0 Å². The molecule has 0 unspecified atom stereocenters. The van der Waals surface area contributed by atoms with Gasteiger partial charge in [0, 0.05) is 5.69 Å². The lowest BCUT2D eigenvalue weighted by atomic mass is 10.3. The fourth-order valence-corrected chi connectivity index (χ4v) is 2.04. The minimum absolute atomic E-state index is 0.0115. The Morgan fingerprint density at radius 3 is 2.45 bits per heavy atom. The molecule has 0 aliphatic heterocycles. The first-order chi connectivity index (χ1) is 9.47. The van der Waals surface area contributed by atoms with E-state index in [1.807, 2.05) is 0 Å². The summed E-state index contributed by atoms with van der Waals surface area (Å²) in [6, 6.07) is 8.55. The molecule has 0 amide bonds. The molecule has 0 saturated heterocycles. The zero-order valence-electron chi connectivity index (χ0n) is 9.88. The van der Waals surface area contributed by atoms with Gasteiger partial charge in [-0.3, -0.25) is 0 Å². The average molecular weight is 333 g/mol. The summed E-state index contributed by atoms with van der Waals surface area (Å²) in [4.78, 5) is 0. The molecule has 0 aliphatic rings. The van der Waals surface area contributed by atoms with Crippen LogP contribution in [0.3, 0.4) is 0 Å². The van der Waals surface area contributed by atoms with Crippen molar-refractivity contribution in [1.82, 2.24) is 0 Å². The molecule has 0 atom stereocenters. The molecule has 0 bridgehead atoms. The summed E-state index contributed by atoms with van der Waals surface area (Å²) in [5.74, 6) is -1.13. The minimum atomic E-state index is -0.601. The predicted molar refractivity (Wildman–Crippen MR) is 82.7 cm³/mol. The van der Waals surface area contributed by atoms with Gasteiger partial charge in [-0.15, -0.1) is 0 Å². The van der Waals surface area contributed by atoms with Crippen molar-refractivity contribution in [3.05, 3.63) is 58.1 Å². The van der Waals surface area contributed by atoms with Gasteiger partial charge in [-0.25, -0.2) is 8.78 Å². The van der Waals surface area contributed by atoms with Gasteiger partial charge in [0.15, 0.2) is 10.9 Å². The molecule has 2 aromatic rings. The van der Waals surface area contributed by atoms with E-state index in [0.717, 1.165) is 0 Å². The topological polar surface area (TPSA) is 24.1 Å².